The van der Waals surface area contributed by atoms with E-state index in [1.54, 1.807) is 18.5 Å². The van der Waals surface area contributed by atoms with Crippen molar-refractivity contribution in [3.05, 3.63) is 27.7 Å². The van der Waals surface area contributed by atoms with Crippen molar-refractivity contribution in [1.29, 1.82) is 0 Å². The second-order valence-electron chi connectivity index (χ2n) is 7.50. The van der Waals surface area contributed by atoms with Gasteiger partial charge in [-0.25, -0.2) is 4.79 Å². The van der Waals surface area contributed by atoms with Crippen molar-refractivity contribution < 1.29 is 29.0 Å². The van der Waals surface area contributed by atoms with E-state index >= 15 is 0 Å². The Bertz CT molecular complexity index is 990. The molecule has 0 unspecified atom stereocenters. The molecule has 2 aliphatic heterocycles. The Morgan fingerprint density at radius 2 is 2.06 bits per heavy atom. The first-order valence-corrected chi connectivity index (χ1v) is 11.0. The number of rotatable bonds is 7. The molecule has 1 saturated heterocycles. The van der Waals surface area contributed by atoms with Gasteiger partial charge in [0.05, 0.1) is 28.9 Å². The van der Waals surface area contributed by atoms with Crippen LogP contribution in [0, 0.1) is 19.8 Å². The molecule has 3 heterocycles. The Morgan fingerprint density at radius 1 is 1.39 bits per heavy atom. The minimum Gasteiger partial charge on any atom is -0.477 e. The summed E-state index contributed by atoms with van der Waals surface area (Å²) in [4.78, 5) is 49.3. The smallest absolute Gasteiger partial charge is 0.352 e. The normalized spacial score (nSPS) is 21.3. The highest BCUT2D eigenvalue weighted by Crippen LogP contribution is 2.40. The lowest BCUT2D eigenvalue weighted by Crippen LogP contribution is -2.71. The molecule has 0 bridgehead atoms. The van der Waals surface area contributed by atoms with E-state index in [4.69, 9.17) is 16.3 Å². The third-order valence-corrected chi connectivity index (χ3v) is 7.07. The molecule has 3 rings (SSSR count). The highest BCUT2D eigenvalue weighted by molar-refractivity contribution is 8.00. The second-order valence-corrected chi connectivity index (χ2v) is 8.98. The third-order valence-electron chi connectivity index (χ3n) is 5.18. The lowest BCUT2D eigenvalue weighted by atomic mass is 10.0. The quantitative estimate of drug-likeness (QED) is 0.447. The standard InChI is InChI=1S/C19H23ClN4O6S/c1-8(5-23-10(3)13(20)9(2)22-23)16(26)21-14-17(27)24-15(19(28)29)12(6-30-11(4)25)7-31-18(14)24/h8,14,18H,5-7H2,1-4H3,(H,21,26)(H,28,29)/t8-,14-,18-/m1/s1. The van der Waals surface area contributed by atoms with Crippen LogP contribution in [0.2, 0.25) is 5.02 Å². The molecule has 0 saturated carbocycles. The third kappa shape index (κ3) is 4.42. The number of hydrogen-bond acceptors (Lipinski definition) is 7. The average Bonchev–Trinajstić information content (AvgIpc) is 2.95. The second kappa shape index (κ2) is 8.91. The first-order valence-electron chi connectivity index (χ1n) is 9.56. The number of amides is 2. The molecule has 3 atom stereocenters. The van der Waals surface area contributed by atoms with Crippen LogP contribution >= 0.6 is 23.4 Å². The number of ether oxygens (including phenoxy) is 1. The van der Waals surface area contributed by atoms with Gasteiger partial charge in [-0.15, -0.1) is 11.8 Å². The van der Waals surface area contributed by atoms with Gasteiger partial charge >= 0.3 is 11.9 Å². The SMILES string of the molecule is CC(=O)OCC1=C(C(=O)O)N2C(=O)[C@@H](NC(=O)[C@H](C)Cn3nc(C)c(Cl)c3C)[C@H]2SC1. The summed E-state index contributed by atoms with van der Waals surface area (Å²) in [7, 11) is 0. The molecular formula is C19H23ClN4O6S. The van der Waals surface area contributed by atoms with Gasteiger partial charge in [-0.2, -0.15) is 5.10 Å². The number of aliphatic carboxylic acids is 1. The van der Waals surface area contributed by atoms with E-state index in [-0.39, 0.29) is 24.0 Å². The van der Waals surface area contributed by atoms with E-state index in [9.17, 15) is 24.3 Å². The highest BCUT2D eigenvalue weighted by atomic mass is 35.5. The number of carbonyl (C=O) groups is 4. The van der Waals surface area contributed by atoms with E-state index in [2.05, 4.69) is 10.4 Å². The average molecular weight is 471 g/mol. The molecule has 1 aromatic heterocycles. The summed E-state index contributed by atoms with van der Waals surface area (Å²) in [6.07, 6.45) is 0. The van der Waals surface area contributed by atoms with Crippen molar-refractivity contribution in [3.63, 3.8) is 0 Å². The lowest BCUT2D eigenvalue weighted by molar-refractivity contribution is -0.151. The van der Waals surface area contributed by atoms with Crippen molar-refractivity contribution in [2.45, 2.75) is 45.7 Å². The van der Waals surface area contributed by atoms with Crippen LogP contribution in [-0.2, 0) is 30.5 Å². The first-order chi connectivity index (χ1) is 14.5. The zero-order chi connectivity index (χ0) is 23.0. The molecule has 10 nitrogen and oxygen atoms in total. The zero-order valence-electron chi connectivity index (χ0n) is 17.5. The van der Waals surface area contributed by atoms with Gasteiger partial charge in [0.2, 0.25) is 5.91 Å². The van der Waals surface area contributed by atoms with Crippen LogP contribution in [0.25, 0.3) is 0 Å². The number of carbonyl (C=O) groups excluding carboxylic acids is 3. The molecule has 0 aromatic carbocycles. The number of esters is 1. The molecule has 168 valence electrons. The fourth-order valence-corrected chi connectivity index (χ4v) is 4.94. The number of aryl methyl sites for hydroxylation is 1. The van der Waals surface area contributed by atoms with Crippen LogP contribution in [-0.4, -0.2) is 67.3 Å². The van der Waals surface area contributed by atoms with Gasteiger partial charge in [-0.3, -0.25) is 24.0 Å². The maximum atomic E-state index is 12.7. The van der Waals surface area contributed by atoms with Crippen molar-refractivity contribution in [2.75, 3.05) is 12.4 Å². The summed E-state index contributed by atoms with van der Waals surface area (Å²) in [5.74, 6) is -2.88. The first kappa shape index (κ1) is 23.1. The molecule has 2 aliphatic rings. The maximum absolute atomic E-state index is 12.7. The minimum absolute atomic E-state index is 0.189. The number of β-lactam (4-membered cyclic amide) rings is 1. The van der Waals surface area contributed by atoms with Crippen molar-refractivity contribution >= 4 is 47.1 Å². The summed E-state index contributed by atoms with van der Waals surface area (Å²) in [6, 6.07) is -0.825. The Balaban J connectivity index is 1.67. The van der Waals surface area contributed by atoms with Crippen LogP contribution in [0.1, 0.15) is 25.2 Å². The fourth-order valence-electron chi connectivity index (χ4n) is 3.47. The van der Waals surface area contributed by atoms with Gasteiger partial charge in [0, 0.05) is 18.2 Å². The number of nitrogens with zero attached hydrogens (tertiary/aromatic N) is 3. The van der Waals surface area contributed by atoms with E-state index in [1.165, 1.54) is 18.7 Å². The van der Waals surface area contributed by atoms with Crippen molar-refractivity contribution in [1.82, 2.24) is 20.0 Å². The minimum atomic E-state index is -1.28. The number of nitrogens with one attached hydrogen (secondary N) is 1. The molecule has 31 heavy (non-hydrogen) atoms. The Hall–Kier alpha value is -2.53. The summed E-state index contributed by atoms with van der Waals surface area (Å²) < 4.78 is 6.56. The summed E-state index contributed by atoms with van der Waals surface area (Å²) in [5.41, 5.74) is 1.58. The summed E-state index contributed by atoms with van der Waals surface area (Å²) in [6.45, 7) is 6.63. The number of fused-ring (bicyclic) bond motifs is 1. The number of carboxylic acid groups (broad SMARTS) is 1. The van der Waals surface area contributed by atoms with Crippen molar-refractivity contribution in [2.24, 2.45) is 5.92 Å². The number of aromatic nitrogens is 2. The molecule has 12 heteroatoms. The number of thioether (sulfide) groups is 1. The Morgan fingerprint density at radius 3 is 2.61 bits per heavy atom. The molecule has 2 amide bonds. The largest absolute Gasteiger partial charge is 0.477 e. The molecule has 0 aliphatic carbocycles. The van der Waals surface area contributed by atoms with E-state index in [1.807, 2.05) is 6.92 Å². The molecule has 1 fully saturated rings. The van der Waals surface area contributed by atoms with Crippen molar-refractivity contribution in [3.8, 4) is 0 Å². The van der Waals surface area contributed by atoms with Crippen LogP contribution < -0.4 is 5.32 Å². The predicted molar refractivity (Wildman–Crippen MR) is 112 cm³/mol. The number of carboxylic acids is 1. The van der Waals surface area contributed by atoms with Gasteiger partial charge in [0.15, 0.2) is 0 Å². The van der Waals surface area contributed by atoms with Gasteiger partial charge < -0.3 is 15.2 Å². The molecule has 0 spiro atoms. The summed E-state index contributed by atoms with van der Waals surface area (Å²) >= 11 is 7.46. The molecule has 2 N–H and O–H groups in total. The number of hydrogen-bond donors (Lipinski definition) is 2. The summed E-state index contributed by atoms with van der Waals surface area (Å²) in [5, 5.41) is 16.6. The van der Waals surface area contributed by atoms with Gasteiger partial charge in [-0.05, 0) is 13.8 Å². The lowest BCUT2D eigenvalue weighted by Gasteiger charge is -2.49. The molecule has 0 radical (unpaired) electrons. The van der Waals surface area contributed by atoms with Gasteiger partial charge in [0.25, 0.3) is 5.91 Å². The van der Waals surface area contributed by atoms with E-state index < -0.39 is 35.2 Å². The topological polar surface area (TPSA) is 131 Å². The zero-order valence-corrected chi connectivity index (χ0v) is 19.0. The van der Waals surface area contributed by atoms with Crippen LogP contribution in [0.4, 0.5) is 0 Å². The predicted octanol–water partition coefficient (Wildman–Crippen LogP) is 1.09. The van der Waals surface area contributed by atoms with Gasteiger partial charge in [-0.1, -0.05) is 18.5 Å². The highest BCUT2D eigenvalue weighted by Gasteiger charge is 2.54. The Labute approximate surface area is 187 Å². The number of halogens is 1. The van der Waals surface area contributed by atoms with E-state index in [0.717, 1.165) is 10.6 Å². The Kier molecular flexibility index (Phi) is 6.65. The monoisotopic (exact) mass is 470 g/mol. The van der Waals surface area contributed by atoms with Crippen LogP contribution in [0.5, 0.6) is 0 Å². The molecule has 1 aromatic rings. The molecular weight excluding hydrogens is 448 g/mol. The van der Waals surface area contributed by atoms with Crippen LogP contribution in [0.15, 0.2) is 11.3 Å². The van der Waals surface area contributed by atoms with E-state index in [0.29, 0.717) is 22.8 Å². The van der Waals surface area contributed by atoms with Gasteiger partial charge in [0.1, 0.15) is 23.7 Å². The van der Waals surface area contributed by atoms with Crippen LogP contribution in [0.3, 0.4) is 0 Å². The fraction of sp³-hybridized carbons (Fsp3) is 0.526. The maximum Gasteiger partial charge on any atom is 0.352 e.